The molecule has 8 N–H and O–H groups in total. The second kappa shape index (κ2) is 15.9. The van der Waals surface area contributed by atoms with Gasteiger partial charge in [0.15, 0.2) is 5.65 Å². The molecule has 4 fully saturated rings. The molecule has 2 amide bonds. The molecule has 0 unspecified atom stereocenters. The summed E-state index contributed by atoms with van der Waals surface area (Å²) in [6, 6.07) is 0. The molecule has 2 heterocycles. The van der Waals surface area contributed by atoms with Gasteiger partial charge < -0.3 is 41.4 Å². The quantitative estimate of drug-likeness (QED) is 0.176. The molecule has 4 saturated carbocycles. The number of hydrogen-bond donors (Lipinski definition) is 7. The first-order chi connectivity index (χ1) is 23.1. The maximum absolute atomic E-state index is 12.9. The van der Waals surface area contributed by atoms with Crippen LogP contribution in [0.4, 0.5) is 4.79 Å². The van der Waals surface area contributed by atoms with Crippen LogP contribution in [0.3, 0.4) is 0 Å². The van der Waals surface area contributed by atoms with Gasteiger partial charge in [0.05, 0.1) is 34.2 Å². The topological polar surface area (TPSA) is 213 Å². The van der Waals surface area contributed by atoms with E-state index >= 15 is 0 Å². The molecule has 6 rings (SSSR count). The van der Waals surface area contributed by atoms with E-state index in [0.717, 1.165) is 69.9 Å². The highest BCUT2D eigenvalue weighted by Crippen LogP contribution is 2.40. The van der Waals surface area contributed by atoms with Crippen LogP contribution in [0, 0.1) is 0 Å². The van der Waals surface area contributed by atoms with Crippen LogP contribution in [0.1, 0.15) is 160 Å². The molecule has 13 nitrogen and oxygen atoms in total. The molecule has 2 aromatic heterocycles. The zero-order chi connectivity index (χ0) is 37.2. The van der Waals surface area contributed by atoms with E-state index in [1.807, 2.05) is 0 Å². The average Bonchev–Trinajstić information content (AvgIpc) is 3.39. The first-order valence-electron chi connectivity index (χ1n) is 18.3. The number of halogens is 1. The number of carbonyl (C=O) groups is 3. The van der Waals surface area contributed by atoms with E-state index in [2.05, 4.69) is 25.6 Å². The molecule has 288 valence electrons. The third kappa shape index (κ3) is 10.3. The highest BCUT2D eigenvalue weighted by molar-refractivity contribution is 6.04. The Labute approximate surface area is 308 Å². The van der Waals surface area contributed by atoms with Crippen molar-refractivity contribution in [3.63, 3.8) is 0 Å². The van der Waals surface area contributed by atoms with Crippen LogP contribution in [0.5, 0.6) is 0 Å². The summed E-state index contributed by atoms with van der Waals surface area (Å²) in [4.78, 5) is 47.7. The molecule has 0 radical (unpaired) electrons. The van der Waals surface area contributed by atoms with Crippen LogP contribution in [-0.4, -0.2) is 81.7 Å². The Morgan fingerprint density at radius 1 is 0.863 bits per heavy atom. The summed E-state index contributed by atoms with van der Waals surface area (Å²) in [5, 5.41) is 35.0. The zero-order valence-electron chi connectivity index (χ0n) is 31.5. The van der Waals surface area contributed by atoms with Crippen molar-refractivity contribution in [1.29, 1.82) is 0 Å². The lowest BCUT2D eigenvalue weighted by Gasteiger charge is -2.41. The number of carboxylic acid groups (broad SMARTS) is 1. The third-order valence-corrected chi connectivity index (χ3v) is 10.9. The molecule has 0 aromatic carbocycles. The molecule has 4 aliphatic rings. The van der Waals surface area contributed by atoms with Gasteiger partial charge in [-0.2, -0.15) is 0 Å². The van der Waals surface area contributed by atoms with Crippen LogP contribution in [0.25, 0.3) is 11.2 Å². The minimum absolute atomic E-state index is 0. The minimum atomic E-state index is -1.12. The van der Waals surface area contributed by atoms with Gasteiger partial charge in [0.1, 0.15) is 16.7 Å². The van der Waals surface area contributed by atoms with Gasteiger partial charge >= 0.3 is 12.1 Å². The van der Waals surface area contributed by atoms with Gasteiger partial charge in [0.2, 0.25) is 0 Å². The fourth-order valence-electron chi connectivity index (χ4n) is 7.29. The van der Waals surface area contributed by atoms with E-state index in [9.17, 15) is 24.6 Å². The number of H-pyrrole nitrogens is 1. The number of aliphatic carboxylic acids is 1. The smallest absolute Gasteiger partial charge is 0.408 e. The lowest BCUT2D eigenvalue weighted by molar-refractivity contribution is -0.144. The number of carbonyl (C=O) groups excluding carboxylic acids is 2. The highest BCUT2D eigenvalue weighted by Gasteiger charge is 2.47. The van der Waals surface area contributed by atoms with Crippen molar-refractivity contribution in [2.75, 3.05) is 0 Å². The van der Waals surface area contributed by atoms with Crippen LogP contribution in [0.15, 0.2) is 12.4 Å². The Morgan fingerprint density at radius 3 is 1.84 bits per heavy atom. The van der Waals surface area contributed by atoms with E-state index in [4.69, 9.17) is 15.6 Å². The number of hydrogen-bond acceptors (Lipinski definition) is 9. The number of aromatic nitrogens is 3. The van der Waals surface area contributed by atoms with Crippen molar-refractivity contribution in [1.82, 2.24) is 25.6 Å². The molecule has 0 aliphatic heterocycles. The third-order valence-electron chi connectivity index (χ3n) is 10.9. The summed E-state index contributed by atoms with van der Waals surface area (Å²) in [7, 11) is 0. The molecule has 0 saturated heterocycles. The Bertz CT molecular complexity index is 1500. The highest BCUT2D eigenvalue weighted by atomic mass is 35.5. The molecule has 4 aliphatic carbocycles. The molecular weight excluding hydrogens is 676 g/mol. The number of amides is 2. The lowest BCUT2D eigenvalue weighted by Crippen LogP contribution is -2.60. The van der Waals surface area contributed by atoms with E-state index in [1.54, 1.807) is 60.9 Å². The number of ether oxygens (including phenoxy) is 1. The van der Waals surface area contributed by atoms with E-state index in [-0.39, 0.29) is 23.9 Å². The Morgan fingerprint density at radius 2 is 1.39 bits per heavy atom. The average molecular weight is 737 g/mol. The van der Waals surface area contributed by atoms with Gasteiger partial charge in [-0.1, -0.05) is 38.5 Å². The number of aliphatic hydroxyl groups is 2. The molecule has 0 atom stereocenters. The predicted octanol–water partition coefficient (Wildman–Crippen LogP) is 6.01. The number of fused-ring (bicyclic) bond motifs is 1. The van der Waals surface area contributed by atoms with Crippen molar-refractivity contribution < 1.29 is 34.4 Å². The summed E-state index contributed by atoms with van der Waals surface area (Å²) < 4.78 is 5.06. The summed E-state index contributed by atoms with van der Waals surface area (Å²) in [5.41, 5.74) is 4.44. The largest absolute Gasteiger partial charge is 0.480 e. The van der Waals surface area contributed by atoms with E-state index in [1.165, 1.54) is 12.8 Å². The minimum Gasteiger partial charge on any atom is -0.480 e. The van der Waals surface area contributed by atoms with Gasteiger partial charge in [-0.05, 0) is 99.8 Å². The second-order valence-corrected chi connectivity index (χ2v) is 16.9. The number of rotatable bonds is 7. The molecule has 2 aromatic rings. The predicted molar refractivity (Wildman–Crippen MR) is 198 cm³/mol. The number of nitrogens with zero attached hydrogens (tertiary/aromatic N) is 2. The van der Waals surface area contributed by atoms with Crippen LogP contribution >= 0.6 is 12.4 Å². The van der Waals surface area contributed by atoms with E-state index in [0.29, 0.717) is 35.5 Å². The van der Waals surface area contributed by atoms with Gasteiger partial charge in [0.25, 0.3) is 5.91 Å². The maximum Gasteiger partial charge on any atom is 0.408 e. The van der Waals surface area contributed by atoms with Crippen molar-refractivity contribution in [2.45, 2.75) is 178 Å². The normalized spacial score (nSPS) is 20.6. The van der Waals surface area contributed by atoms with Gasteiger partial charge in [-0.25, -0.2) is 19.6 Å². The van der Waals surface area contributed by atoms with Crippen LogP contribution in [0.2, 0.25) is 0 Å². The molecule has 14 heteroatoms. The summed E-state index contributed by atoms with van der Waals surface area (Å²) in [6.45, 7) is 12.4. The number of alkyl carbamates (subject to hydrolysis) is 1. The first kappa shape index (κ1) is 42.4. The number of aromatic amines is 1. The monoisotopic (exact) mass is 736 g/mol. The fourth-order valence-corrected chi connectivity index (χ4v) is 7.29. The van der Waals surface area contributed by atoms with Gasteiger partial charge in [-0.3, -0.25) is 4.79 Å². The maximum atomic E-state index is 12.9. The molecule has 51 heavy (non-hydrogen) atoms. The Hall–Kier alpha value is -3.00. The van der Waals surface area contributed by atoms with Gasteiger partial charge in [-0.15, -0.1) is 12.4 Å². The first-order valence-corrected chi connectivity index (χ1v) is 18.3. The SMILES string of the molecule is CC(C)(C)OC(=O)NC1(C(=O)O)CCCC1.CC(C)(O)C1(N)CCCC1.CC(C)(O)C1(NC(=O)c2c[nH]c3ncc(C4CC4)nc23)CCCC1.Cl. The number of nitrogens with two attached hydrogens (primary N) is 1. The summed E-state index contributed by atoms with van der Waals surface area (Å²) in [5.74, 6) is -0.673. The molecule has 0 spiro atoms. The lowest BCUT2D eigenvalue weighted by atomic mass is 9.80. The number of carboxylic acids is 1. The standard InChI is InChI=1S/C18H24N4O2.C11H19NO4.C8H17NO.ClH/c1-17(2,24)18(7-3-4-8-18)22-16(23)12-9-19-15-14(12)21-13(10-20-15)11-5-6-11;1-10(2,3)16-9(15)12-11(8(13)14)6-4-5-7-11;1-7(2,10)8(9)5-3-4-6-8;/h9-11,24H,3-8H2,1-2H3,(H,19,20)(H,22,23);4-7H2,1-3H3,(H,12,15)(H,13,14);10H,3-6,9H2,1-2H3;1H. The molecule has 0 bridgehead atoms. The van der Waals surface area contributed by atoms with Crippen molar-refractivity contribution in [3.05, 3.63) is 23.7 Å². The van der Waals surface area contributed by atoms with Gasteiger partial charge in [0, 0.05) is 17.7 Å². The van der Waals surface area contributed by atoms with Crippen molar-refractivity contribution in [2.24, 2.45) is 5.73 Å². The molecular formula is C37H61ClN6O7. The second-order valence-electron chi connectivity index (χ2n) is 16.9. The van der Waals surface area contributed by atoms with Crippen LogP contribution < -0.4 is 16.4 Å². The Kier molecular flexibility index (Phi) is 13.3. The van der Waals surface area contributed by atoms with Crippen molar-refractivity contribution in [3.8, 4) is 0 Å². The number of nitrogens with one attached hydrogen (secondary N) is 3. The van der Waals surface area contributed by atoms with E-state index < -0.39 is 39.9 Å². The fraction of sp³-hybridized carbons (Fsp3) is 0.757. The Balaban J connectivity index is 0.000000225. The summed E-state index contributed by atoms with van der Waals surface area (Å²) in [6.07, 6.45) is 15.6. The summed E-state index contributed by atoms with van der Waals surface area (Å²) >= 11 is 0. The van der Waals surface area contributed by atoms with Crippen LogP contribution in [-0.2, 0) is 9.53 Å². The van der Waals surface area contributed by atoms with Crippen molar-refractivity contribution >= 4 is 41.5 Å². The zero-order valence-corrected chi connectivity index (χ0v) is 32.3.